The minimum absolute atomic E-state index is 0.445. The lowest BCUT2D eigenvalue weighted by molar-refractivity contribution is 0.356. The zero-order chi connectivity index (χ0) is 25.8. The molecule has 6 nitrogen and oxygen atoms in total. The Balaban J connectivity index is 1.16. The Hall–Kier alpha value is -1.46. The van der Waals surface area contributed by atoms with Gasteiger partial charge in [-0.1, -0.05) is 77.0 Å². The summed E-state index contributed by atoms with van der Waals surface area (Å²) < 4.78 is 0. The third-order valence-electron chi connectivity index (χ3n) is 10.1. The molecular formula is C32H58N6. The molecule has 5 aliphatic carbocycles. The van der Waals surface area contributed by atoms with E-state index in [9.17, 15) is 0 Å². The molecule has 0 unspecified atom stereocenters. The summed E-state index contributed by atoms with van der Waals surface area (Å²) in [6, 6.07) is 3.32. The molecule has 38 heavy (non-hydrogen) atoms. The second-order valence-corrected chi connectivity index (χ2v) is 13.3. The fourth-order valence-electron chi connectivity index (χ4n) is 7.67. The molecule has 5 aliphatic rings. The summed E-state index contributed by atoms with van der Waals surface area (Å²) in [5.74, 6) is 2.24. The van der Waals surface area contributed by atoms with Gasteiger partial charge in [0.05, 0.1) is 12.1 Å². The molecule has 0 spiro atoms. The van der Waals surface area contributed by atoms with Crippen LogP contribution >= 0.6 is 0 Å². The predicted octanol–water partition coefficient (Wildman–Crippen LogP) is 6.70. The standard InChI is InChI=1S/C32H58N6/c1-5-13-25(14-6-1)33-31(34-26-15-7-2-8-16-26)37-29-21-23-30(24-22-29)38-32(35-27-17-9-3-10-18-27)36-28-19-11-4-12-20-28/h25-30H,1-24H2,(H2,33,34,37)(H2,35,36,38). The van der Waals surface area contributed by atoms with Gasteiger partial charge >= 0.3 is 0 Å². The van der Waals surface area contributed by atoms with Crippen LogP contribution in [0.15, 0.2) is 9.98 Å². The van der Waals surface area contributed by atoms with E-state index in [1.807, 2.05) is 0 Å². The molecule has 0 atom stereocenters. The van der Waals surface area contributed by atoms with Crippen molar-refractivity contribution in [2.75, 3.05) is 0 Å². The van der Waals surface area contributed by atoms with Gasteiger partial charge in [-0.2, -0.15) is 0 Å². The molecule has 0 radical (unpaired) electrons. The van der Waals surface area contributed by atoms with Crippen LogP contribution in [0.25, 0.3) is 0 Å². The lowest BCUT2D eigenvalue weighted by atomic mass is 9.91. The molecule has 216 valence electrons. The molecular weight excluding hydrogens is 468 g/mol. The largest absolute Gasteiger partial charge is 0.354 e. The van der Waals surface area contributed by atoms with Crippen LogP contribution in [0.1, 0.15) is 154 Å². The highest BCUT2D eigenvalue weighted by Crippen LogP contribution is 2.25. The van der Waals surface area contributed by atoms with Gasteiger partial charge < -0.3 is 21.3 Å². The van der Waals surface area contributed by atoms with Crippen LogP contribution in [0.5, 0.6) is 0 Å². The van der Waals surface area contributed by atoms with Crippen molar-refractivity contribution in [2.45, 2.75) is 190 Å². The van der Waals surface area contributed by atoms with Crippen LogP contribution < -0.4 is 21.3 Å². The Kier molecular flexibility index (Phi) is 11.4. The van der Waals surface area contributed by atoms with E-state index in [2.05, 4.69) is 21.3 Å². The van der Waals surface area contributed by atoms with Gasteiger partial charge in [0, 0.05) is 24.2 Å². The normalized spacial score (nSPS) is 29.4. The minimum Gasteiger partial charge on any atom is -0.354 e. The molecule has 5 rings (SSSR count). The maximum Gasteiger partial charge on any atom is 0.191 e. The van der Waals surface area contributed by atoms with E-state index in [-0.39, 0.29) is 0 Å². The van der Waals surface area contributed by atoms with Crippen molar-refractivity contribution in [3.8, 4) is 0 Å². The van der Waals surface area contributed by atoms with E-state index in [4.69, 9.17) is 9.98 Å². The first-order valence-electron chi connectivity index (χ1n) is 17.0. The lowest BCUT2D eigenvalue weighted by Gasteiger charge is -2.33. The van der Waals surface area contributed by atoms with Crippen molar-refractivity contribution in [3.63, 3.8) is 0 Å². The predicted molar refractivity (Wildman–Crippen MR) is 161 cm³/mol. The molecule has 5 fully saturated rings. The Bertz CT molecular complexity index is 696. The van der Waals surface area contributed by atoms with Crippen LogP contribution in [0, 0.1) is 0 Å². The highest BCUT2D eigenvalue weighted by Gasteiger charge is 2.26. The molecule has 0 aliphatic heterocycles. The minimum atomic E-state index is 0.445. The summed E-state index contributed by atoms with van der Waals surface area (Å²) in [4.78, 5) is 10.6. The molecule has 0 amide bonds. The molecule has 0 aromatic carbocycles. The summed E-state index contributed by atoms with van der Waals surface area (Å²) in [7, 11) is 0. The van der Waals surface area contributed by atoms with Gasteiger partial charge in [-0.25, -0.2) is 9.98 Å². The van der Waals surface area contributed by atoms with E-state index < -0.39 is 0 Å². The average Bonchev–Trinajstić information content (AvgIpc) is 2.96. The van der Waals surface area contributed by atoms with Crippen LogP contribution in [0.2, 0.25) is 0 Å². The highest BCUT2D eigenvalue weighted by atomic mass is 15.2. The molecule has 0 saturated heterocycles. The second-order valence-electron chi connectivity index (χ2n) is 13.3. The van der Waals surface area contributed by atoms with E-state index in [1.54, 1.807) is 0 Å². The first-order valence-corrected chi connectivity index (χ1v) is 17.0. The van der Waals surface area contributed by atoms with Gasteiger partial charge in [-0.15, -0.1) is 0 Å². The maximum atomic E-state index is 5.35. The maximum absolute atomic E-state index is 5.35. The summed E-state index contributed by atoms with van der Waals surface area (Å²) >= 11 is 0. The topological polar surface area (TPSA) is 72.8 Å². The Labute approximate surface area is 233 Å². The number of nitrogens with zero attached hydrogens (tertiary/aromatic N) is 2. The number of nitrogens with one attached hydrogen (secondary N) is 4. The number of guanidine groups is 2. The van der Waals surface area contributed by atoms with E-state index >= 15 is 0 Å². The highest BCUT2D eigenvalue weighted by molar-refractivity contribution is 5.81. The zero-order valence-electron chi connectivity index (χ0n) is 24.3. The molecule has 5 saturated carbocycles. The first kappa shape index (κ1) is 28.1. The Morgan fingerprint density at radius 3 is 0.974 bits per heavy atom. The lowest BCUT2D eigenvalue weighted by Crippen LogP contribution is -2.50. The Morgan fingerprint density at radius 1 is 0.316 bits per heavy atom. The van der Waals surface area contributed by atoms with Crippen molar-refractivity contribution in [1.29, 1.82) is 0 Å². The SMILES string of the molecule is C1CCC(N=C(NC2CCCCC2)NC2CCC(N=C(NC3CCCCC3)NC3CCCCC3)CC2)CC1. The molecule has 0 aromatic rings. The summed E-state index contributed by atoms with van der Waals surface area (Å²) in [6.45, 7) is 0. The fourth-order valence-corrected chi connectivity index (χ4v) is 7.67. The van der Waals surface area contributed by atoms with Crippen molar-refractivity contribution in [1.82, 2.24) is 21.3 Å². The number of hydrogen-bond donors (Lipinski definition) is 4. The fraction of sp³-hybridized carbons (Fsp3) is 0.938. The van der Waals surface area contributed by atoms with E-state index in [0.29, 0.717) is 36.3 Å². The molecule has 6 heteroatoms. The van der Waals surface area contributed by atoms with Crippen LogP contribution in [-0.2, 0) is 0 Å². The molecule has 0 aromatic heterocycles. The second kappa shape index (κ2) is 15.4. The van der Waals surface area contributed by atoms with Gasteiger partial charge in [0.25, 0.3) is 0 Å². The van der Waals surface area contributed by atoms with Gasteiger partial charge in [-0.05, 0) is 77.0 Å². The van der Waals surface area contributed by atoms with Gasteiger partial charge in [0.2, 0.25) is 0 Å². The Morgan fingerprint density at radius 2 is 0.605 bits per heavy atom. The summed E-state index contributed by atoms with van der Waals surface area (Å²) in [6.07, 6.45) is 31.6. The van der Waals surface area contributed by atoms with Crippen molar-refractivity contribution in [3.05, 3.63) is 0 Å². The quantitative estimate of drug-likeness (QED) is 0.230. The third kappa shape index (κ3) is 9.33. The van der Waals surface area contributed by atoms with Crippen molar-refractivity contribution < 1.29 is 0 Å². The average molecular weight is 527 g/mol. The van der Waals surface area contributed by atoms with Gasteiger partial charge in [-0.3, -0.25) is 0 Å². The van der Waals surface area contributed by atoms with Crippen LogP contribution in [0.3, 0.4) is 0 Å². The summed E-state index contributed by atoms with van der Waals surface area (Å²) in [5, 5.41) is 15.5. The molecule has 0 bridgehead atoms. The van der Waals surface area contributed by atoms with Crippen molar-refractivity contribution in [2.24, 2.45) is 9.98 Å². The number of hydrogen-bond acceptors (Lipinski definition) is 2. The summed E-state index contributed by atoms with van der Waals surface area (Å²) in [5.41, 5.74) is 0. The van der Waals surface area contributed by atoms with Gasteiger partial charge in [0.15, 0.2) is 11.9 Å². The number of aliphatic imine (C=N–C) groups is 2. The van der Waals surface area contributed by atoms with Crippen LogP contribution in [-0.4, -0.2) is 48.2 Å². The van der Waals surface area contributed by atoms with Crippen molar-refractivity contribution >= 4 is 11.9 Å². The van der Waals surface area contributed by atoms with E-state index in [0.717, 1.165) is 11.9 Å². The van der Waals surface area contributed by atoms with Crippen LogP contribution in [0.4, 0.5) is 0 Å². The van der Waals surface area contributed by atoms with Gasteiger partial charge in [0.1, 0.15) is 0 Å². The molecule has 0 heterocycles. The first-order chi connectivity index (χ1) is 18.8. The molecule has 4 N–H and O–H groups in total. The van der Waals surface area contributed by atoms with E-state index in [1.165, 1.54) is 154 Å². The number of rotatable bonds is 6. The zero-order valence-corrected chi connectivity index (χ0v) is 24.3. The smallest absolute Gasteiger partial charge is 0.191 e. The monoisotopic (exact) mass is 526 g/mol. The third-order valence-corrected chi connectivity index (χ3v) is 10.1.